The molecule has 0 radical (unpaired) electrons. The number of hydrogen-bond donors (Lipinski definition) is 1. The number of likely N-dealkylation sites (tertiary alicyclic amines) is 1. The predicted molar refractivity (Wildman–Crippen MR) is 51.0 cm³/mol. The van der Waals surface area contributed by atoms with Crippen LogP contribution in [0.25, 0.3) is 0 Å². The van der Waals surface area contributed by atoms with Crippen molar-refractivity contribution in [1.29, 1.82) is 0 Å². The lowest BCUT2D eigenvalue weighted by molar-refractivity contribution is 0.0137. The summed E-state index contributed by atoms with van der Waals surface area (Å²) in [6.45, 7) is 2.47. The summed E-state index contributed by atoms with van der Waals surface area (Å²) in [7, 11) is 0. The van der Waals surface area contributed by atoms with Crippen molar-refractivity contribution in [2.24, 2.45) is 0 Å². The van der Waals surface area contributed by atoms with Gasteiger partial charge >= 0.3 is 6.03 Å². The van der Waals surface area contributed by atoms with Crippen molar-refractivity contribution in [2.45, 2.75) is 12.3 Å². The Hall–Kier alpha value is -0.910. The average molecular weight is 219 g/mol. The molecule has 2 saturated heterocycles. The standard InChI is InChI=1S/C9H15F2N3O/c10-9(11)1-4-14(7-9)8(15)13-5-2-12-3-6-13/h12H,1-7H2. The van der Waals surface area contributed by atoms with Gasteiger partial charge in [-0.05, 0) is 0 Å². The second-order valence-corrected chi connectivity index (χ2v) is 4.05. The van der Waals surface area contributed by atoms with Gasteiger partial charge < -0.3 is 15.1 Å². The third-order valence-corrected chi connectivity index (χ3v) is 2.83. The van der Waals surface area contributed by atoms with Gasteiger partial charge in [-0.1, -0.05) is 0 Å². The Morgan fingerprint density at radius 3 is 2.33 bits per heavy atom. The van der Waals surface area contributed by atoms with E-state index in [4.69, 9.17) is 0 Å². The van der Waals surface area contributed by atoms with Crippen LogP contribution in [-0.4, -0.2) is 61.0 Å². The van der Waals surface area contributed by atoms with Crippen LogP contribution in [0.5, 0.6) is 0 Å². The van der Waals surface area contributed by atoms with Gasteiger partial charge in [0.25, 0.3) is 5.92 Å². The molecule has 4 nitrogen and oxygen atoms in total. The Balaban J connectivity index is 1.90. The maximum atomic E-state index is 12.9. The molecule has 0 unspecified atom stereocenters. The highest BCUT2D eigenvalue weighted by Crippen LogP contribution is 2.27. The largest absolute Gasteiger partial charge is 0.322 e. The number of carbonyl (C=O) groups excluding carboxylic acids is 1. The summed E-state index contributed by atoms with van der Waals surface area (Å²) < 4.78 is 25.8. The first-order valence-electron chi connectivity index (χ1n) is 5.21. The number of urea groups is 1. The second-order valence-electron chi connectivity index (χ2n) is 4.05. The summed E-state index contributed by atoms with van der Waals surface area (Å²) in [5.74, 6) is -2.69. The average Bonchev–Trinajstić information content (AvgIpc) is 2.59. The maximum Gasteiger partial charge on any atom is 0.320 e. The lowest BCUT2D eigenvalue weighted by Crippen LogP contribution is -2.51. The topological polar surface area (TPSA) is 35.6 Å². The van der Waals surface area contributed by atoms with E-state index >= 15 is 0 Å². The first-order valence-corrected chi connectivity index (χ1v) is 5.21. The van der Waals surface area contributed by atoms with Crippen molar-refractivity contribution in [3.63, 3.8) is 0 Å². The number of alkyl halides is 2. The molecule has 2 aliphatic rings. The van der Waals surface area contributed by atoms with Crippen molar-refractivity contribution in [3.05, 3.63) is 0 Å². The van der Waals surface area contributed by atoms with E-state index in [0.717, 1.165) is 13.1 Å². The van der Waals surface area contributed by atoms with Crippen molar-refractivity contribution >= 4 is 6.03 Å². The Morgan fingerprint density at radius 1 is 1.13 bits per heavy atom. The predicted octanol–water partition coefficient (Wildman–Crippen LogP) is 0.353. The fourth-order valence-corrected chi connectivity index (χ4v) is 1.96. The maximum absolute atomic E-state index is 12.9. The van der Waals surface area contributed by atoms with E-state index in [1.54, 1.807) is 4.90 Å². The molecule has 15 heavy (non-hydrogen) atoms. The molecule has 2 rings (SSSR count). The zero-order valence-electron chi connectivity index (χ0n) is 8.51. The van der Waals surface area contributed by atoms with Crippen LogP contribution in [0.2, 0.25) is 0 Å². The third-order valence-electron chi connectivity index (χ3n) is 2.83. The molecule has 0 aromatic carbocycles. The van der Waals surface area contributed by atoms with E-state index in [9.17, 15) is 13.6 Å². The summed E-state index contributed by atoms with van der Waals surface area (Å²) in [6, 6.07) is -0.242. The zero-order valence-corrected chi connectivity index (χ0v) is 8.51. The van der Waals surface area contributed by atoms with Crippen LogP contribution in [0.15, 0.2) is 0 Å². The number of hydrogen-bond acceptors (Lipinski definition) is 2. The summed E-state index contributed by atoms with van der Waals surface area (Å²) >= 11 is 0. The molecule has 2 amide bonds. The second kappa shape index (κ2) is 3.92. The third kappa shape index (κ3) is 2.37. The van der Waals surface area contributed by atoms with E-state index < -0.39 is 12.5 Å². The summed E-state index contributed by atoms with van der Waals surface area (Å²) in [5, 5.41) is 3.12. The number of amides is 2. The van der Waals surface area contributed by atoms with Gasteiger partial charge in [-0.25, -0.2) is 13.6 Å². The molecule has 6 heteroatoms. The Bertz CT molecular complexity index is 254. The molecule has 0 bridgehead atoms. The van der Waals surface area contributed by atoms with Crippen LogP contribution in [0, 0.1) is 0 Å². The number of nitrogens with one attached hydrogen (secondary N) is 1. The van der Waals surface area contributed by atoms with Gasteiger partial charge in [0.2, 0.25) is 0 Å². The Kier molecular flexibility index (Phi) is 2.77. The van der Waals surface area contributed by atoms with Gasteiger partial charge in [-0.15, -0.1) is 0 Å². The molecule has 0 aromatic heterocycles. The fourth-order valence-electron chi connectivity index (χ4n) is 1.96. The van der Waals surface area contributed by atoms with Crippen LogP contribution < -0.4 is 5.32 Å². The highest BCUT2D eigenvalue weighted by molar-refractivity contribution is 5.75. The highest BCUT2D eigenvalue weighted by atomic mass is 19.3. The van der Waals surface area contributed by atoms with Crippen LogP contribution >= 0.6 is 0 Å². The highest BCUT2D eigenvalue weighted by Gasteiger charge is 2.41. The molecular weight excluding hydrogens is 204 g/mol. The van der Waals surface area contributed by atoms with Crippen LogP contribution in [0.4, 0.5) is 13.6 Å². The number of piperazine rings is 1. The quantitative estimate of drug-likeness (QED) is 0.638. The van der Waals surface area contributed by atoms with Crippen LogP contribution in [0.1, 0.15) is 6.42 Å². The van der Waals surface area contributed by atoms with Gasteiger partial charge in [0, 0.05) is 39.1 Å². The lowest BCUT2D eigenvalue weighted by Gasteiger charge is -2.31. The molecule has 1 N–H and O–H groups in total. The fraction of sp³-hybridized carbons (Fsp3) is 0.889. The molecular formula is C9H15F2N3O. The van der Waals surface area contributed by atoms with Gasteiger partial charge in [-0.2, -0.15) is 0 Å². The number of carbonyl (C=O) groups is 1. The van der Waals surface area contributed by atoms with E-state index in [1.165, 1.54) is 4.90 Å². The normalized spacial score (nSPS) is 25.7. The Morgan fingerprint density at radius 2 is 1.80 bits per heavy atom. The molecule has 86 valence electrons. The molecule has 0 saturated carbocycles. The van der Waals surface area contributed by atoms with Crippen molar-refractivity contribution in [2.75, 3.05) is 39.3 Å². The van der Waals surface area contributed by atoms with Gasteiger partial charge in [0.1, 0.15) is 0 Å². The first-order chi connectivity index (χ1) is 7.08. The minimum Gasteiger partial charge on any atom is -0.322 e. The van der Waals surface area contributed by atoms with Gasteiger partial charge in [-0.3, -0.25) is 0 Å². The van der Waals surface area contributed by atoms with Crippen LogP contribution in [-0.2, 0) is 0 Å². The summed E-state index contributed by atoms with van der Waals surface area (Å²) in [6.07, 6.45) is -0.204. The number of nitrogens with zero attached hydrogens (tertiary/aromatic N) is 2. The zero-order chi connectivity index (χ0) is 10.9. The van der Waals surface area contributed by atoms with Crippen LogP contribution in [0.3, 0.4) is 0 Å². The van der Waals surface area contributed by atoms with E-state index in [-0.39, 0.29) is 19.0 Å². The molecule has 2 fully saturated rings. The van der Waals surface area contributed by atoms with Gasteiger partial charge in [0.05, 0.1) is 6.54 Å². The van der Waals surface area contributed by atoms with E-state index in [2.05, 4.69) is 5.32 Å². The Labute approximate surface area is 87.2 Å². The molecule has 2 aliphatic heterocycles. The first kappa shape index (κ1) is 10.6. The van der Waals surface area contributed by atoms with E-state index in [0.29, 0.717) is 13.1 Å². The summed E-state index contributed by atoms with van der Waals surface area (Å²) in [4.78, 5) is 14.7. The SMILES string of the molecule is O=C(N1CCNCC1)N1CCC(F)(F)C1. The number of rotatable bonds is 0. The number of halogens is 2. The minimum atomic E-state index is -2.69. The molecule has 0 atom stereocenters. The van der Waals surface area contributed by atoms with Crippen molar-refractivity contribution < 1.29 is 13.6 Å². The summed E-state index contributed by atoms with van der Waals surface area (Å²) in [5.41, 5.74) is 0. The van der Waals surface area contributed by atoms with Gasteiger partial charge in [0.15, 0.2) is 0 Å². The molecule has 0 spiro atoms. The monoisotopic (exact) mass is 219 g/mol. The van der Waals surface area contributed by atoms with Crippen molar-refractivity contribution in [1.82, 2.24) is 15.1 Å². The smallest absolute Gasteiger partial charge is 0.320 e. The lowest BCUT2D eigenvalue weighted by atomic mass is 10.3. The van der Waals surface area contributed by atoms with E-state index in [1.807, 2.05) is 0 Å². The van der Waals surface area contributed by atoms with Crippen molar-refractivity contribution in [3.8, 4) is 0 Å². The minimum absolute atomic E-state index is 0.176. The molecule has 0 aliphatic carbocycles. The molecule has 0 aromatic rings. The molecule has 2 heterocycles.